The van der Waals surface area contributed by atoms with Crippen LogP contribution < -0.4 is 15.5 Å². The molecule has 2 aromatic carbocycles. The van der Waals surface area contributed by atoms with Gasteiger partial charge >= 0.3 is 0 Å². The first kappa shape index (κ1) is 16.1. The van der Waals surface area contributed by atoms with Crippen molar-refractivity contribution in [1.82, 2.24) is 0 Å². The number of nitrogens with zero attached hydrogens (tertiary/aromatic N) is 1. The fraction of sp³-hybridized carbons (Fsp3) is 0.250. The van der Waals surface area contributed by atoms with Gasteiger partial charge in [-0.05, 0) is 31.2 Å². The van der Waals surface area contributed by atoms with Crippen molar-refractivity contribution in [2.75, 3.05) is 10.2 Å². The lowest BCUT2D eigenvalue weighted by Gasteiger charge is -2.25. The summed E-state index contributed by atoms with van der Waals surface area (Å²) < 4.78 is 13.7. The number of benzene rings is 2. The van der Waals surface area contributed by atoms with Crippen LogP contribution in [-0.4, -0.2) is 23.8 Å². The van der Waals surface area contributed by atoms with E-state index in [1.165, 1.54) is 24.3 Å². The van der Waals surface area contributed by atoms with Gasteiger partial charge in [-0.1, -0.05) is 24.3 Å². The summed E-state index contributed by atoms with van der Waals surface area (Å²) in [6.07, 6.45) is 0. The summed E-state index contributed by atoms with van der Waals surface area (Å²) in [5, 5.41) is 4.69. The van der Waals surface area contributed by atoms with Crippen LogP contribution >= 0.6 is 0 Å². The molecular weight excluding hydrogens is 349 g/mol. The number of halogens is 1. The Kier molecular flexibility index (Phi) is 3.13. The number of hydrogen-bond donors (Lipinski definition) is 2. The molecule has 5 rings (SSSR count). The van der Waals surface area contributed by atoms with E-state index in [0.29, 0.717) is 5.69 Å². The van der Waals surface area contributed by atoms with Crippen LogP contribution in [0.1, 0.15) is 12.5 Å². The normalized spacial score (nSPS) is 31.4. The molecule has 3 N–H and O–H groups in total. The molecular formula is C20H17FN3O3+. The lowest BCUT2D eigenvalue weighted by atomic mass is 9.76. The number of rotatable bonds is 1. The largest absolute Gasteiger partial charge is 0.326 e. The lowest BCUT2D eigenvalue weighted by molar-refractivity contribution is -0.730. The number of carbonyl (C=O) groups excluding carboxylic acids is 3. The van der Waals surface area contributed by atoms with Crippen LogP contribution in [0.2, 0.25) is 0 Å². The predicted molar refractivity (Wildman–Crippen MR) is 94.0 cm³/mol. The summed E-state index contributed by atoms with van der Waals surface area (Å²) in [5.41, 5.74) is 0.413. The summed E-state index contributed by atoms with van der Waals surface area (Å²) in [4.78, 5) is 40.5. The molecule has 7 heteroatoms. The van der Waals surface area contributed by atoms with Gasteiger partial charge in [0.15, 0.2) is 0 Å². The Morgan fingerprint density at radius 3 is 2.63 bits per heavy atom. The summed E-state index contributed by atoms with van der Waals surface area (Å²) in [6.45, 7) is 1.85. The Labute approximate surface area is 154 Å². The molecule has 2 aromatic rings. The van der Waals surface area contributed by atoms with E-state index in [-0.39, 0.29) is 23.5 Å². The van der Waals surface area contributed by atoms with Crippen LogP contribution in [-0.2, 0) is 19.9 Å². The highest BCUT2D eigenvalue weighted by atomic mass is 19.1. The maximum absolute atomic E-state index is 13.7. The average Bonchev–Trinajstić information content (AvgIpc) is 3.20. The SMILES string of the molecule is C[C@@H]1[NH2+][C@@]2(C(=O)Nc3ccccc32)[C@@H]2C(=O)N(c3cccc(F)c3)C(=O)[C@H]12. The van der Waals surface area contributed by atoms with Gasteiger partial charge in [0, 0.05) is 5.56 Å². The smallest absolute Gasteiger partial charge is 0.291 e. The van der Waals surface area contributed by atoms with Gasteiger partial charge in [-0.3, -0.25) is 14.4 Å². The quantitative estimate of drug-likeness (QED) is 0.731. The number of amides is 3. The van der Waals surface area contributed by atoms with Crippen LogP contribution in [0.5, 0.6) is 0 Å². The Balaban J connectivity index is 1.67. The molecule has 0 saturated carbocycles. The van der Waals surface area contributed by atoms with E-state index in [2.05, 4.69) is 5.32 Å². The number of anilines is 2. The summed E-state index contributed by atoms with van der Waals surface area (Å²) in [5.74, 6) is -3.12. The third-order valence-electron chi connectivity index (χ3n) is 6.00. The van der Waals surface area contributed by atoms with Gasteiger partial charge in [-0.25, -0.2) is 9.29 Å². The van der Waals surface area contributed by atoms with Crippen molar-refractivity contribution < 1.29 is 24.1 Å². The molecule has 0 bridgehead atoms. The minimum Gasteiger partial charge on any atom is -0.326 e. The Morgan fingerprint density at radius 1 is 1.07 bits per heavy atom. The zero-order chi connectivity index (χ0) is 18.9. The van der Waals surface area contributed by atoms with E-state index < -0.39 is 29.1 Å². The molecule has 0 aliphatic carbocycles. The maximum Gasteiger partial charge on any atom is 0.291 e. The third-order valence-corrected chi connectivity index (χ3v) is 6.00. The minimum atomic E-state index is -1.17. The number of imide groups is 1. The predicted octanol–water partition coefficient (Wildman–Crippen LogP) is 0.744. The van der Waals surface area contributed by atoms with Gasteiger partial charge < -0.3 is 10.6 Å². The highest BCUT2D eigenvalue weighted by Crippen LogP contribution is 2.49. The van der Waals surface area contributed by atoms with Crippen molar-refractivity contribution in [1.29, 1.82) is 0 Å². The highest BCUT2D eigenvalue weighted by molar-refractivity contribution is 6.25. The molecule has 6 nitrogen and oxygen atoms in total. The molecule has 136 valence electrons. The van der Waals surface area contributed by atoms with E-state index in [4.69, 9.17) is 0 Å². The molecule has 0 unspecified atom stereocenters. The molecule has 3 heterocycles. The molecule has 1 spiro atoms. The van der Waals surface area contributed by atoms with E-state index >= 15 is 0 Å². The Bertz CT molecular complexity index is 1020. The second-order valence-corrected chi connectivity index (χ2v) is 7.39. The van der Waals surface area contributed by atoms with Crippen LogP contribution in [0.25, 0.3) is 0 Å². The minimum absolute atomic E-state index is 0.202. The summed E-state index contributed by atoms with van der Waals surface area (Å²) >= 11 is 0. The first-order chi connectivity index (χ1) is 12.9. The molecule has 3 aliphatic heterocycles. The summed E-state index contributed by atoms with van der Waals surface area (Å²) in [6, 6.07) is 12.4. The molecule has 2 fully saturated rings. The topological polar surface area (TPSA) is 83.1 Å². The average molecular weight is 366 g/mol. The third kappa shape index (κ3) is 1.89. The molecule has 3 aliphatic rings. The number of fused-ring (bicyclic) bond motifs is 4. The fourth-order valence-electron chi connectivity index (χ4n) is 4.97. The van der Waals surface area contributed by atoms with Gasteiger partial charge in [0.1, 0.15) is 17.7 Å². The van der Waals surface area contributed by atoms with E-state index in [1.807, 2.05) is 30.4 Å². The number of quaternary nitrogens is 1. The van der Waals surface area contributed by atoms with Crippen molar-refractivity contribution in [2.45, 2.75) is 18.5 Å². The summed E-state index contributed by atoms with van der Waals surface area (Å²) in [7, 11) is 0. The lowest BCUT2D eigenvalue weighted by Crippen LogP contribution is -2.98. The van der Waals surface area contributed by atoms with Gasteiger partial charge in [0.25, 0.3) is 5.91 Å². The van der Waals surface area contributed by atoms with Gasteiger partial charge in [0.05, 0.1) is 17.4 Å². The zero-order valence-electron chi connectivity index (χ0n) is 14.5. The number of nitrogens with two attached hydrogens (primary N) is 1. The molecule has 27 heavy (non-hydrogen) atoms. The van der Waals surface area contributed by atoms with Crippen LogP contribution in [0.3, 0.4) is 0 Å². The van der Waals surface area contributed by atoms with E-state index in [9.17, 15) is 18.8 Å². The van der Waals surface area contributed by atoms with Crippen molar-refractivity contribution in [3.63, 3.8) is 0 Å². The van der Waals surface area contributed by atoms with Crippen LogP contribution in [0.4, 0.5) is 15.8 Å². The first-order valence-electron chi connectivity index (χ1n) is 8.85. The number of carbonyl (C=O) groups is 3. The number of hydrogen-bond acceptors (Lipinski definition) is 3. The fourth-order valence-corrected chi connectivity index (χ4v) is 4.97. The molecule has 3 amide bonds. The highest BCUT2D eigenvalue weighted by Gasteiger charge is 2.73. The van der Waals surface area contributed by atoms with Gasteiger partial charge in [-0.2, -0.15) is 0 Å². The van der Waals surface area contributed by atoms with Crippen LogP contribution in [0, 0.1) is 17.7 Å². The van der Waals surface area contributed by atoms with E-state index in [1.54, 1.807) is 6.07 Å². The first-order valence-corrected chi connectivity index (χ1v) is 8.85. The van der Waals surface area contributed by atoms with Crippen molar-refractivity contribution in [3.05, 3.63) is 59.9 Å². The second kappa shape index (κ2) is 5.23. The van der Waals surface area contributed by atoms with Gasteiger partial charge in [0.2, 0.25) is 17.4 Å². The maximum atomic E-state index is 13.7. The van der Waals surface area contributed by atoms with Crippen molar-refractivity contribution >= 4 is 29.1 Å². The van der Waals surface area contributed by atoms with Crippen LogP contribution in [0.15, 0.2) is 48.5 Å². The molecule has 0 radical (unpaired) electrons. The zero-order valence-corrected chi connectivity index (χ0v) is 14.5. The number of nitrogens with one attached hydrogen (secondary N) is 1. The molecule has 0 aromatic heterocycles. The second-order valence-electron chi connectivity index (χ2n) is 7.39. The van der Waals surface area contributed by atoms with E-state index in [0.717, 1.165) is 10.5 Å². The van der Waals surface area contributed by atoms with Crippen molar-refractivity contribution in [3.8, 4) is 0 Å². The van der Waals surface area contributed by atoms with Crippen molar-refractivity contribution in [2.24, 2.45) is 11.8 Å². The molecule has 2 saturated heterocycles. The number of para-hydroxylation sites is 1. The Hall–Kier alpha value is -3.06. The standard InChI is InChI=1S/C20H16FN3O3/c1-10-15-16(18(26)24(17(15)25)12-6-4-5-11(21)9-12)20(23-10)13-7-2-3-8-14(13)22-19(20)27/h2-10,15-16,23H,1H3,(H,22,27)/p+1/t10-,15+,16-,20+/m0/s1. The molecule has 4 atom stereocenters. The van der Waals surface area contributed by atoms with Gasteiger partial charge in [-0.15, -0.1) is 0 Å². The monoisotopic (exact) mass is 366 g/mol. The Morgan fingerprint density at radius 2 is 1.85 bits per heavy atom.